The summed E-state index contributed by atoms with van der Waals surface area (Å²) in [5.41, 5.74) is 4.16. The quantitative estimate of drug-likeness (QED) is 0.632. The normalized spacial score (nSPS) is 11.8. The zero-order chi connectivity index (χ0) is 14.8. The average Bonchev–Trinajstić information content (AvgIpc) is 2.46. The van der Waals surface area contributed by atoms with Crippen LogP contribution in [0.15, 0.2) is 80.1 Å². The molecule has 0 fully saturated rings. The molecule has 0 unspecified atom stereocenters. The van der Waals surface area contributed by atoms with Crippen LogP contribution in [0.4, 0.5) is 5.69 Å². The maximum absolute atomic E-state index is 3.86. The highest BCUT2D eigenvalue weighted by atomic mass is 14.9. The fraction of sp³-hybridized carbons (Fsp3) is 0.0526. The van der Waals surface area contributed by atoms with Gasteiger partial charge in [-0.2, -0.15) is 0 Å². The van der Waals surface area contributed by atoms with E-state index >= 15 is 0 Å². The number of hydrogen-bond acceptors (Lipinski definition) is 1. The fourth-order valence-corrected chi connectivity index (χ4v) is 1.82. The van der Waals surface area contributed by atoms with Crippen LogP contribution in [0.2, 0.25) is 0 Å². The molecule has 0 saturated carbocycles. The van der Waals surface area contributed by atoms with Gasteiger partial charge in [-0.3, -0.25) is 0 Å². The van der Waals surface area contributed by atoms with Crippen LogP contribution in [-0.4, -0.2) is 0 Å². The summed E-state index contributed by atoms with van der Waals surface area (Å²) < 4.78 is 0. The summed E-state index contributed by atoms with van der Waals surface area (Å²) in [5, 5.41) is 3.40. The molecule has 20 heavy (non-hydrogen) atoms. The van der Waals surface area contributed by atoms with Crippen molar-refractivity contribution in [2.45, 2.75) is 6.92 Å². The molecular formula is C19H21N. The van der Waals surface area contributed by atoms with Crippen LogP contribution in [0, 0.1) is 0 Å². The maximum Gasteiger partial charge on any atom is 0.0463 e. The van der Waals surface area contributed by atoms with Crippen LogP contribution in [0.1, 0.15) is 18.1 Å². The number of hydrogen-bond donors (Lipinski definition) is 1. The van der Waals surface area contributed by atoms with Crippen LogP contribution in [-0.2, 0) is 0 Å². The molecule has 0 aliphatic carbocycles. The van der Waals surface area contributed by atoms with Crippen LogP contribution in [0.5, 0.6) is 0 Å². The van der Waals surface area contributed by atoms with E-state index < -0.39 is 0 Å². The highest BCUT2D eigenvalue weighted by molar-refractivity contribution is 5.77. The molecule has 0 radical (unpaired) electrons. The highest BCUT2D eigenvalue weighted by Gasteiger charge is 2.03. The van der Waals surface area contributed by atoms with E-state index in [2.05, 4.69) is 25.1 Å². The Balaban J connectivity index is 3.25. The van der Waals surface area contributed by atoms with Gasteiger partial charge in [0.05, 0.1) is 0 Å². The number of anilines is 1. The molecule has 0 aromatic heterocycles. The topological polar surface area (TPSA) is 12.0 Å². The van der Waals surface area contributed by atoms with Crippen molar-refractivity contribution in [1.29, 1.82) is 0 Å². The van der Waals surface area contributed by atoms with E-state index in [1.165, 1.54) is 0 Å². The van der Waals surface area contributed by atoms with Gasteiger partial charge in [0.2, 0.25) is 0 Å². The van der Waals surface area contributed by atoms with Crippen molar-refractivity contribution in [1.82, 2.24) is 0 Å². The molecular weight excluding hydrogens is 242 g/mol. The Morgan fingerprint density at radius 3 is 2.55 bits per heavy atom. The minimum Gasteiger partial charge on any atom is -0.355 e. The molecule has 0 aliphatic heterocycles. The highest BCUT2D eigenvalue weighted by Crippen LogP contribution is 2.24. The van der Waals surface area contributed by atoms with Gasteiger partial charge in [-0.25, -0.2) is 0 Å². The molecule has 0 heterocycles. The van der Waals surface area contributed by atoms with Crippen LogP contribution >= 0.6 is 0 Å². The lowest BCUT2D eigenvalue weighted by Crippen LogP contribution is -1.99. The van der Waals surface area contributed by atoms with Gasteiger partial charge in [0.15, 0.2) is 0 Å². The second-order valence-corrected chi connectivity index (χ2v) is 4.09. The number of allylic oxidation sites excluding steroid dienone is 6. The first-order chi connectivity index (χ1) is 9.76. The Kier molecular flexibility index (Phi) is 6.63. The predicted molar refractivity (Wildman–Crippen MR) is 92.5 cm³/mol. The molecule has 1 heteroatoms. The minimum atomic E-state index is 0.983. The van der Waals surface area contributed by atoms with Crippen molar-refractivity contribution in [3.8, 4) is 0 Å². The molecule has 1 nitrogen and oxygen atoms in total. The summed E-state index contributed by atoms with van der Waals surface area (Å²) in [6, 6.07) is 6.08. The Morgan fingerprint density at radius 2 is 1.95 bits per heavy atom. The van der Waals surface area contributed by atoms with E-state index in [1.807, 2.05) is 61.6 Å². The summed E-state index contributed by atoms with van der Waals surface area (Å²) in [7, 11) is 0. The van der Waals surface area contributed by atoms with E-state index in [0.29, 0.717) is 0 Å². The van der Waals surface area contributed by atoms with E-state index in [9.17, 15) is 0 Å². The van der Waals surface area contributed by atoms with Crippen molar-refractivity contribution in [3.63, 3.8) is 0 Å². The Labute approximate surface area is 122 Å². The van der Waals surface area contributed by atoms with Gasteiger partial charge in [-0.1, -0.05) is 68.3 Å². The van der Waals surface area contributed by atoms with Crippen molar-refractivity contribution < 1.29 is 0 Å². The molecule has 1 aromatic rings. The second-order valence-electron chi connectivity index (χ2n) is 4.09. The monoisotopic (exact) mass is 263 g/mol. The summed E-state index contributed by atoms with van der Waals surface area (Å²) in [5.74, 6) is 0. The van der Waals surface area contributed by atoms with Gasteiger partial charge >= 0.3 is 0 Å². The smallest absolute Gasteiger partial charge is 0.0463 e. The SMILES string of the molecule is C=C/C=C\c1c(C=C)cccc1NC(/C=C\C)=C/C=C. The van der Waals surface area contributed by atoms with Gasteiger partial charge in [0.25, 0.3) is 0 Å². The molecule has 0 atom stereocenters. The zero-order valence-corrected chi connectivity index (χ0v) is 12.0. The standard InChI is InChI=1S/C19H21N/c1-5-9-14-18-16(8-4)13-10-15-19(18)20-17(11-6-2)12-7-3/h5-15,20H,1-2,4H2,3H3/b12-7-,14-9-,17-11+. The van der Waals surface area contributed by atoms with Gasteiger partial charge in [-0.05, 0) is 30.7 Å². The molecule has 0 aliphatic rings. The summed E-state index contributed by atoms with van der Waals surface area (Å²) in [4.78, 5) is 0. The van der Waals surface area contributed by atoms with Crippen molar-refractivity contribution in [3.05, 3.63) is 91.2 Å². The number of rotatable bonds is 7. The summed E-state index contributed by atoms with van der Waals surface area (Å²) in [6.07, 6.45) is 15.2. The molecule has 0 saturated heterocycles. The number of nitrogens with one attached hydrogen (secondary N) is 1. The molecule has 0 spiro atoms. The third-order valence-corrected chi connectivity index (χ3v) is 2.68. The molecule has 1 aromatic carbocycles. The molecule has 1 rings (SSSR count). The molecule has 0 bridgehead atoms. The van der Waals surface area contributed by atoms with Gasteiger partial charge in [0, 0.05) is 16.9 Å². The Hall–Kier alpha value is -2.54. The molecule has 102 valence electrons. The maximum atomic E-state index is 3.86. The molecule has 1 N–H and O–H groups in total. The number of benzene rings is 1. The van der Waals surface area contributed by atoms with Crippen molar-refractivity contribution >= 4 is 17.8 Å². The first-order valence-electron chi connectivity index (χ1n) is 6.53. The first-order valence-corrected chi connectivity index (χ1v) is 6.53. The summed E-state index contributed by atoms with van der Waals surface area (Å²) >= 11 is 0. The van der Waals surface area contributed by atoms with E-state index in [0.717, 1.165) is 22.5 Å². The Bertz CT molecular complexity index is 571. The van der Waals surface area contributed by atoms with E-state index in [4.69, 9.17) is 0 Å². The van der Waals surface area contributed by atoms with Crippen molar-refractivity contribution in [2.75, 3.05) is 5.32 Å². The van der Waals surface area contributed by atoms with Crippen molar-refractivity contribution in [2.24, 2.45) is 0 Å². The lowest BCUT2D eigenvalue weighted by Gasteiger charge is -2.13. The molecule has 0 amide bonds. The lowest BCUT2D eigenvalue weighted by atomic mass is 10.0. The predicted octanol–water partition coefficient (Wildman–Crippen LogP) is 5.59. The fourth-order valence-electron chi connectivity index (χ4n) is 1.82. The van der Waals surface area contributed by atoms with Crippen LogP contribution < -0.4 is 5.32 Å². The lowest BCUT2D eigenvalue weighted by molar-refractivity contribution is 1.44. The van der Waals surface area contributed by atoms with Crippen LogP contribution in [0.25, 0.3) is 12.2 Å². The zero-order valence-electron chi connectivity index (χ0n) is 12.0. The third-order valence-electron chi connectivity index (χ3n) is 2.68. The average molecular weight is 263 g/mol. The van der Waals surface area contributed by atoms with Gasteiger partial charge in [-0.15, -0.1) is 0 Å². The van der Waals surface area contributed by atoms with Gasteiger partial charge in [0.1, 0.15) is 0 Å². The minimum absolute atomic E-state index is 0.983. The summed E-state index contributed by atoms with van der Waals surface area (Å²) in [6.45, 7) is 13.3. The second kappa shape index (κ2) is 8.54. The van der Waals surface area contributed by atoms with E-state index in [1.54, 1.807) is 12.2 Å². The largest absolute Gasteiger partial charge is 0.355 e. The van der Waals surface area contributed by atoms with Gasteiger partial charge < -0.3 is 5.32 Å². The Morgan fingerprint density at radius 1 is 1.15 bits per heavy atom. The van der Waals surface area contributed by atoms with E-state index in [-0.39, 0.29) is 0 Å². The third kappa shape index (κ3) is 4.29. The van der Waals surface area contributed by atoms with Crippen LogP contribution in [0.3, 0.4) is 0 Å². The first kappa shape index (κ1) is 15.5.